The van der Waals surface area contributed by atoms with Crippen molar-refractivity contribution in [2.75, 3.05) is 18.3 Å². The summed E-state index contributed by atoms with van der Waals surface area (Å²) in [6.07, 6.45) is -5.94. The van der Waals surface area contributed by atoms with E-state index in [-0.39, 0.29) is 55.6 Å². The zero-order chi connectivity index (χ0) is 51.8. The number of hydrogen-bond donors (Lipinski definition) is 10. The average Bonchev–Trinajstić information content (AvgIpc) is 3.23. The van der Waals surface area contributed by atoms with E-state index >= 15 is 8.78 Å². The smallest absolute Gasteiger partial charge is 0.460 e. The highest BCUT2D eigenvalue weighted by Gasteiger charge is 2.86. The lowest BCUT2D eigenvalue weighted by molar-refractivity contribution is -0.382. The highest BCUT2D eigenvalue weighted by atomic mass is 32.3. The molecule has 6 aromatic rings. The Morgan fingerprint density at radius 2 is 0.710 bits per heavy atom. The Morgan fingerprint density at radius 1 is 0.435 bits per heavy atom. The first kappa shape index (κ1) is 51.3. The number of rotatable bonds is 13. The molecular formula is C45H37F9O13S2. The van der Waals surface area contributed by atoms with Crippen LogP contribution in [-0.4, -0.2) is 101 Å². The van der Waals surface area contributed by atoms with Gasteiger partial charge in [0.1, 0.15) is 11.5 Å². The number of hydrogen-bond acceptors (Lipinski definition) is 13. The Balaban J connectivity index is 1.73. The molecule has 0 heterocycles. The van der Waals surface area contributed by atoms with Gasteiger partial charge in [0.2, 0.25) is 0 Å². The maximum Gasteiger partial charge on any atom is 0.460 e. The summed E-state index contributed by atoms with van der Waals surface area (Å²) in [6, 6.07) is 17.1. The number of phenolic OH excluding ortho intramolecular Hbond substituents is 10. The molecule has 0 unspecified atom stereocenters. The highest BCUT2D eigenvalue weighted by Crippen LogP contribution is 2.60. The van der Waals surface area contributed by atoms with Crippen LogP contribution in [0.15, 0.2) is 97.1 Å². The summed E-state index contributed by atoms with van der Waals surface area (Å²) < 4.78 is 158. The standard InChI is InChI=1S/C45H37F9O13S2/c1-41(20-68(2,3)67-69(65,66)45(53,54)43(48,49)42(46,47)44(50,51)52,25-16-27(21-4-8-31(55)35(59)12-21)39(63)28(17-25)22-5-9-32(56)36(60)13-22)26-18-29(23-6-10-33(57)37(61)14-23)40(64)30(19-26)24-7-11-34(58)38(62)15-24/h4-19,55-64H,20H2,1-3H3. The third kappa shape index (κ3) is 9.05. The minimum Gasteiger partial charge on any atom is -0.507 e. The molecule has 0 fully saturated rings. The summed E-state index contributed by atoms with van der Waals surface area (Å²) in [7, 11) is -11.7. The Kier molecular flexibility index (Phi) is 12.8. The fourth-order valence-electron chi connectivity index (χ4n) is 7.41. The number of benzene rings is 6. The van der Waals surface area contributed by atoms with Crippen molar-refractivity contribution in [3.63, 3.8) is 0 Å². The quantitative estimate of drug-likeness (QED) is 0.0383. The molecule has 0 aromatic heterocycles. The fourth-order valence-corrected chi connectivity index (χ4v) is 12.0. The molecule has 6 rings (SSSR count). The van der Waals surface area contributed by atoms with E-state index in [1.807, 2.05) is 0 Å². The normalized spacial score (nSPS) is 13.4. The lowest BCUT2D eigenvalue weighted by Crippen LogP contribution is -2.63. The van der Waals surface area contributed by atoms with Gasteiger partial charge in [-0.25, -0.2) is 3.63 Å². The van der Waals surface area contributed by atoms with Crippen molar-refractivity contribution in [3.05, 3.63) is 108 Å². The zero-order valence-corrected chi connectivity index (χ0v) is 37.0. The van der Waals surface area contributed by atoms with Gasteiger partial charge in [-0.05, 0) is 119 Å². The van der Waals surface area contributed by atoms with Crippen molar-refractivity contribution < 1.29 is 103 Å². The lowest BCUT2D eigenvalue weighted by atomic mass is 9.74. The summed E-state index contributed by atoms with van der Waals surface area (Å²) in [4.78, 5) is 0. The van der Waals surface area contributed by atoms with E-state index in [0.717, 1.165) is 85.3 Å². The average molecular weight is 1020 g/mol. The van der Waals surface area contributed by atoms with Crippen molar-refractivity contribution in [1.82, 2.24) is 0 Å². The monoisotopic (exact) mass is 1020 g/mol. The first-order valence-electron chi connectivity index (χ1n) is 19.3. The van der Waals surface area contributed by atoms with Crippen LogP contribution in [0.2, 0.25) is 0 Å². The van der Waals surface area contributed by atoms with Gasteiger partial charge in [0.15, 0.2) is 46.0 Å². The Morgan fingerprint density at radius 3 is 0.957 bits per heavy atom. The van der Waals surface area contributed by atoms with Crippen LogP contribution in [0.1, 0.15) is 18.1 Å². The molecule has 370 valence electrons. The second kappa shape index (κ2) is 17.2. The van der Waals surface area contributed by atoms with Crippen LogP contribution in [0.5, 0.6) is 57.5 Å². The molecule has 0 bridgehead atoms. The Labute approximate surface area is 386 Å². The van der Waals surface area contributed by atoms with E-state index in [1.54, 1.807) is 0 Å². The predicted molar refractivity (Wildman–Crippen MR) is 233 cm³/mol. The van der Waals surface area contributed by atoms with Gasteiger partial charge < -0.3 is 51.1 Å². The molecule has 13 nitrogen and oxygen atoms in total. The van der Waals surface area contributed by atoms with Gasteiger partial charge in [-0.1, -0.05) is 31.2 Å². The third-order valence-electron chi connectivity index (χ3n) is 11.0. The van der Waals surface area contributed by atoms with Crippen LogP contribution < -0.4 is 0 Å². The number of phenols is 10. The molecular weight excluding hydrogens is 984 g/mol. The maximum atomic E-state index is 15.3. The number of aromatic hydroxyl groups is 10. The molecule has 24 heteroatoms. The highest BCUT2D eigenvalue weighted by molar-refractivity contribution is 8.32. The summed E-state index contributed by atoms with van der Waals surface area (Å²) in [6.45, 7) is 1.22. The van der Waals surface area contributed by atoms with Gasteiger partial charge in [0.25, 0.3) is 0 Å². The number of halogens is 9. The van der Waals surface area contributed by atoms with Crippen molar-refractivity contribution in [3.8, 4) is 102 Å². The van der Waals surface area contributed by atoms with Crippen LogP contribution in [-0.2, 0) is 19.2 Å². The van der Waals surface area contributed by atoms with Crippen molar-refractivity contribution in [2.45, 2.75) is 35.6 Å². The second-order valence-corrected chi connectivity index (χ2v) is 21.4. The summed E-state index contributed by atoms with van der Waals surface area (Å²) >= 11 is 0. The van der Waals surface area contributed by atoms with Crippen LogP contribution in [0.25, 0.3) is 44.5 Å². The molecule has 0 aliphatic carbocycles. The van der Waals surface area contributed by atoms with Gasteiger partial charge in [0.05, 0.1) is 0 Å². The van der Waals surface area contributed by atoms with Gasteiger partial charge in [-0.15, -0.1) is 10.3 Å². The minimum absolute atomic E-state index is 0.0969. The minimum atomic E-state index is -7.67. The molecule has 0 amide bonds. The van der Waals surface area contributed by atoms with Gasteiger partial charge in [-0.2, -0.15) is 47.9 Å². The maximum absolute atomic E-state index is 15.3. The molecule has 0 radical (unpaired) electrons. The molecule has 10 N–H and O–H groups in total. The Hall–Kier alpha value is -7.05. The largest absolute Gasteiger partial charge is 0.507 e. The molecule has 6 aromatic carbocycles. The van der Waals surface area contributed by atoms with Crippen LogP contribution in [0, 0.1) is 0 Å². The van der Waals surface area contributed by atoms with E-state index in [2.05, 4.69) is 3.63 Å². The topological polar surface area (TPSA) is 246 Å². The molecule has 0 saturated carbocycles. The molecule has 0 spiro atoms. The van der Waals surface area contributed by atoms with E-state index < -0.39 is 112 Å². The fraction of sp³-hybridized carbons (Fsp3) is 0.200. The second-order valence-electron chi connectivity index (χ2n) is 16.3. The zero-order valence-electron chi connectivity index (χ0n) is 35.4. The van der Waals surface area contributed by atoms with Crippen LogP contribution in [0.3, 0.4) is 0 Å². The summed E-state index contributed by atoms with van der Waals surface area (Å²) in [5, 5.41) is 98.9. The number of alkyl halides is 9. The van der Waals surface area contributed by atoms with Gasteiger partial charge in [-0.3, -0.25) is 0 Å². The molecule has 0 aliphatic heterocycles. The van der Waals surface area contributed by atoms with E-state index in [0.29, 0.717) is 0 Å². The van der Waals surface area contributed by atoms with Crippen molar-refractivity contribution >= 4 is 20.4 Å². The molecule has 0 atom stereocenters. The van der Waals surface area contributed by atoms with Crippen molar-refractivity contribution in [2.24, 2.45) is 0 Å². The van der Waals surface area contributed by atoms with Crippen LogP contribution in [0.4, 0.5) is 39.5 Å². The van der Waals surface area contributed by atoms with Gasteiger partial charge in [0, 0.05) is 33.4 Å². The predicted octanol–water partition coefficient (Wildman–Crippen LogP) is 10.5. The molecule has 69 heavy (non-hydrogen) atoms. The Bertz CT molecular complexity index is 2820. The first-order chi connectivity index (χ1) is 31.6. The molecule has 0 aliphatic rings. The first-order valence-corrected chi connectivity index (χ1v) is 23.2. The SMILES string of the molecule is CC(CS(C)(C)OS(=O)(=O)C(F)(F)C(F)(F)C(F)(F)C(F)(F)F)(c1cc(-c2ccc(O)c(O)c2)c(O)c(-c2ccc(O)c(O)c2)c1)c1cc(-c2ccc(O)c(O)c2)c(O)c(-c2ccc(O)c(O)c2)c1. The lowest BCUT2D eigenvalue weighted by Gasteiger charge is -2.42. The van der Waals surface area contributed by atoms with Crippen molar-refractivity contribution in [1.29, 1.82) is 0 Å². The van der Waals surface area contributed by atoms with Crippen LogP contribution >= 0.6 is 10.3 Å². The molecule has 0 saturated heterocycles. The van der Waals surface area contributed by atoms with E-state index in [9.17, 15) is 90.2 Å². The van der Waals surface area contributed by atoms with E-state index in [1.165, 1.54) is 31.2 Å². The summed E-state index contributed by atoms with van der Waals surface area (Å²) in [5.41, 5.74) is -4.06. The van der Waals surface area contributed by atoms with Gasteiger partial charge >= 0.3 is 33.4 Å². The van der Waals surface area contributed by atoms with E-state index in [4.69, 9.17) is 0 Å². The summed E-state index contributed by atoms with van der Waals surface area (Å²) in [5.74, 6) is -23.3. The third-order valence-corrected chi connectivity index (χ3v) is 15.3.